The lowest BCUT2D eigenvalue weighted by molar-refractivity contribution is -0.137. The number of aliphatic hydroxyl groups is 1. The molecular formula is C20H32O3. The second-order valence-corrected chi connectivity index (χ2v) is 5.58. The lowest BCUT2D eigenvalue weighted by atomic mass is 10.2. The molecule has 0 amide bonds. The van der Waals surface area contributed by atoms with E-state index < -0.39 is 12.1 Å². The van der Waals surface area contributed by atoms with E-state index in [9.17, 15) is 9.90 Å². The third kappa shape index (κ3) is 18.3. The Labute approximate surface area is 141 Å². The highest BCUT2D eigenvalue weighted by Gasteiger charge is 1.93. The zero-order valence-corrected chi connectivity index (χ0v) is 14.4. The number of rotatable bonds is 14. The quantitative estimate of drug-likeness (QED) is 0.263. The van der Waals surface area contributed by atoms with Crippen LogP contribution in [0.25, 0.3) is 0 Å². The summed E-state index contributed by atoms with van der Waals surface area (Å²) in [6, 6.07) is 0. The molecule has 3 nitrogen and oxygen atoms in total. The summed E-state index contributed by atoms with van der Waals surface area (Å²) in [5.74, 6) is -0.740. The molecule has 130 valence electrons. The molecule has 0 saturated heterocycles. The van der Waals surface area contributed by atoms with Crippen molar-refractivity contribution in [1.29, 1.82) is 0 Å². The van der Waals surface area contributed by atoms with Gasteiger partial charge >= 0.3 is 5.97 Å². The molecule has 0 rings (SSSR count). The van der Waals surface area contributed by atoms with Gasteiger partial charge in [0.05, 0.1) is 6.10 Å². The summed E-state index contributed by atoms with van der Waals surface area (Å²) >= 11 is 0. The van der Waals surface area contributed by atoms with Crippen molar-refractivity contribution in [3.63, 3.8) is 0 Å². The third-order valence-electron chi connectivity index (χ3n) is 3.30. The van der Waals surface area contributed by atoms with E-state index >= 15 is 0 Å². The second kappa shape index (κ2) is 16.8. The van der Waals surface area contributed by atoms with Crippen molar-refractivity contribution in [3.8, 4) is 0 Å². The number of aliphatic hydroxyl groups excluding tert-OH is 1. The number of hydrogen-bond donors (Lipinski definition) is 2. The fraction of sp³-hybridized carbons (Fsp3) is 0.550. The molecule has 3 heteroatoms. The van der Waals surface area contributed by atoms with Crippen LogP contribution in [0.3, 0.4) is 0 Å². The minimum absolute atomic E-state index is 0.228. The van der Waals surface area contributed by atoms with Gasteiger partial charge in [-0.15, -0.1) is 0 Å². The van der Waals surface area contributed by atoms with Crippen molar-refractivity contribution in [2.75, 3.05) is 0 Å². The first-order valence-electron chi connectivity index (χ1n) is 8.70. The summed E-state index contributed by atoms with van der Waals surface area (Å²) < 4.78 is 0. The molecule has 0 aliphatic heterocycles. The summed E-state index contributed by atoms with van der Waals surface area (Å²) in [5.41, 5.74) is 0. The van der Waals surface area contributed by atoms with Gasteiger partial charge in [-0.2, -0.15) is 0 Å². The first-order valence-corrected chi connectivity index (χ1v) is 8.70. The Hall–Kier alpha value is -1.61. The lowest BCUT2D eigenvalue weighted by Crippen LogP contribution is -1.98. The monoisotopic (exact) mass is 320 g/mol. The van der Waals surface area contributed by atoms with Gasteiger partial charge in [0.15, 0.2) is 0 Å². The van der Waals surface area contributed by atoms with Crippen molar-refractivity contribution < 1.29 is 15.0 Å². The van der Waals surface area contributed by atoms with Crippen LogP contribution in [0.1, 0.15) is 64.7 Å². The molecule has 0 heterocycles. The van der Waals surface area contributed by atoms with Crippen molar-refractivity contribution in [2.45, 2.75) is 70.8 Å². The smallest absolute Gasteiger partial charge is 0.303 e. The zero-order chi connectivity index (χ0) is 17.2. The van der Waals surface area contributed by atoms with Gasteiger partial charge in [-0.1, -0.05) is 68.4 Å². The number of allylic oxidation sites excluding steroid dienone is 6. The molecule has 0 spiro atoms. The summed E-state index contributed by atoms with van der Waals surface area (Å²) in [4.78, 5) is 10.3. The first kappa shape index (κ1) is 21.4. The Bertz CT molecular complexity index is 392. The molecule has 0 unspecified atom stereocenters. The van der Waals surface area contributed by atoms with Crippen molar-refractivity contribution in [3.05, 3.63) is 48.6 Å². The molecule has 0 aromatic heterocycles. The van der Waals surface area contributed by atoms with Gasteiger partial charge in [0.2, 0.25) is 0 Å². The van der Waals surface area contributed by atoms with Gasteiger partial charge in [-0.3, -0.25) is 4.79 Å². The van der Waals surface area contributed by atoms with E-state index in [1.807, 2.05) is 42.5 Å². The number of unbranched alkanes of at least 4 members (excludes halogenated alkanes) is 4. The normalized spacial score (nSPS) is 13.8. The number of hydrogen-bond acceptors (Lipinski definition) is 2. The predicted octanol–water partition coefficient (Wildman–Crippen LogP) is 5.19. The van der Waals surface area contributed by atoms with Crippen LogP contribution in [0.4, 0.5) is 0 Å². The van der Waals surface area contributed by atoms with E-state index in [2.05, 4.69) is 13.0 Å². The van der Waals surface area contributed by atoms with Crippen LogP contribution >= 0.6 is 0 Å². The Kier molecular flexibility index (Phi) is 15.6. The van der Waals surface area contributed by atoms with E-state index in [1.54, 1.807) is 0 Å². The highest BCUT2D eigenvalue weighted by molar-refractivity contribution is 5.66. The average Bonchev–Trinajstić information content (AvgIpc) is 2.52. The standard InChI is InChI=1S/C20H32O3/c1-2-3-4-5-7-10-13-16-19(21)17-14-11-8-6-9-12-15-18-20(22)23/h6-7,9-11,13-14,16,19,21H,2-5,8,12,15,17-18H2,1H3,(H,22,23)/b9-6-,10-7-,14-11-,16-13+/t19-/m0/s1. The molecule has 23 heavy (non-hydrogen) atoms. The molecule has 0 fully saturated rings. The molecule has 0 bridgehead atoms. The van der Waals surface area contributed by atoms with Crippen LogP contribution in [0.5, 0.6) is 0 Å². The summed E-state index contributed by atoms with van der Waals surface area (Å²) in [5, 5.41) is 18.3. The molecule has 1 atom stereocenters. The van der Waals surface area contributed by atoms with Gasteiger partial charge in [0.1, 0.15) is 0 Å². The Balaban J connectivity index is 3.61. The van der Waals surface area contributed by atoms with Crippen LogP contribution in [-0.4, -0.2) is 22.3 Å². The SMILES string of the molecule is CCCCC/C=C\C=C\[C@H](O)C/C=C\C/C=C\CCCC(=O)O. The van der Waals surface area contributed by atoms with Crippen molar-refractivity contribution in [2.24, 2.45) is 0 Å². The zero-order valence-electron chi connectivity index (χ0n) is 14.4. The lowest BCUT2D eigenvalue weighted by Gasteiger charge is -1.98. The van der Waals surface area contributed by atoms with Crippen molar-refractivity contribution in [1.82, 2.24) is 0 Å². The topological polar surface area (TPSA) is 57.5 Å². The maximum atomic E-state index is 10.3. The minimum atomic E-state index is -0.740. The van der Waals surface area contributed by atoms with E-state index in [4.69, 9.17) is 5.11 Å². The van der Waals surface area contributed by atoms with Crippen LogP contribution in [0, 0.1) is 0 Å². The molecule has 0 radical (unpaired) electrons. The third-order valence-corrected chi connectivity index (χ3v) is 3.30. The van der Waals surface area contributed by atoms with Crippen LogP contribution in [0.2, 0.25) is 0 Å². The van der Waals surface area contributed by atoms with Gasteiger partial charge in [0.25, 0.3) is 0 Å². The number of aliphatic carboxylic acids is 1. The predicted molar refractivity (Wildman–Crippen MR) is 97.4 cm³/mol. The molecule has 0 aromatic rings. The molecule has 0 aromatic carbocycles. The van der Waals surface area contributed by atoms with Gasteiger partial charge in [-0.05, 0) is 38.5 Å². The van der Waals surface area contributed by atoms with Gasteiger partial charge in [0, 0.05) is 6.42 Å². The fourth-order valence-corrected chi connectivity index (χ4v) is 1.95. The minimum Gasteiger partial charge on any atom is -0.481 e. The number of carboxylic acid groups (broad SMARTS) is 1. The second-order valence-electron chi connectivity index (χ2n) is 5.58. The largest absolute Gasteiger partial charge is 0.481 e. The van der Waals surface area contributed by atoms with E-state index in [0.717, 1.165) is 19.3 Å². The Morgan fingerprint density at radius 3 is 2.43 bits per heavy atom. The molecule has 2 N–H and O–H groups in total. The van der Waals surface area contributed by atoms with Crippen LogP contribution < -0.4 is 0 Å². The number of carbonyl (C=O) groups is 1. The Morgan fingerprint density at radius 1 is 0.957 bits per heavy atom. The molecule has 0 saturated carbocycles. The van der Waals surface area contributed by atoms with Gasteiger partial charge in [-0.25, -0.2) is 0 Å². The maximum absolute atomic E-state index is 10.3. The summed E-state index contributed by atoms with van der Waals surface area (Å²) in [7, 11) is 0. The highest BCUT2D eigenvalue weighted by atomic mass is 16.4. The van der Waals surface area contributed by atoms with E-state index in [0.29, 0.717) is 12.8 Å². The summed E-state index contributed by atoms with van der Waals surface area (Å²) in [6.45, 7) is 2.20. The van der Waals surface area contributed by atoms with E-state index in [-0.39, 0.29) is 6.42 Å². The van der Waals surface area contributed by atoms with Crippen LogP contribution in [0.15, 0.2) is 48.6 Å². The maximum Gasteiger partial charge on any atom is 0.303 e. The van der Waals surface area contributed by atoms with E-state index in [1.165, 1.54) is 19.3 Å². The molecule has 0 aliphatic carbocycles. The van der Waals surface area contributed by atoms with Crippen molar-refractivity contribution >= 4 is 5.97 Å². The molecule has 0 aliphatic rings. The average molecular weight is 320 g/mol. The number of carboxylic acids is 1. The fourth-order valence-electron chi connectivity index (χ4n) is 1.95. The molecular weight excluding hydrogens is 288 g/mol. The van der Waals surface area contributed by atoms with Crippen LogP contribution in [-0.2, 0) is 4.79 Å². The van der Waals surface area contributed by atoms with Gasteiger partial charge < -0.3 is 10.2 Å². The first-order chi connectivity index (χ1) is 11.2. The Morgan fingerprint density at radius 2 is 1.70 bits per heavy atom. The summed E-state index contributed by atoms with van der Waals surface area (Å²) in [6.07, 6.45) is 23.5. The highest BCUT2D eigenvalue weighted by Crippen LogP contribution is 2.02.